The fourth-order valence-electron chi connectivity index (χ4n) is 7.72. The van der Waals surface area contributed by atoms with Gasteiger partial charge in [-0.1, -0.05) is 176 Å². The second-order valence-electron chi connectivity index (χ2n) is 12.8. The van der Waals surface area contributed by atoms with Crippen molar-refractivity contribution in [2.45, 2.75) is 0 Å². The van der Waals surface area contributed by atoms with E-state index in [1.165, 1.54) is 16.7 Å². The van der Waals surface area contributed by atoms with Crippen LogP contribution < -0.4 is 0 Å². The smallest absolute Gasteiger partial charge is 0.136 e. The van der Waals surface area contributed by atoms with Crippen LogP contribution in [0.4, 0.5) is 0 Å². The van der Waals surface area contributed by atoms with Gasteiger partial charge in [0.05, 0.1) is 6.85 Å². The van der Waals surface area contributed by atoms with E-state index < -0.39 is 6.04 Å². The summed E-state index contributed by atoms with van der Waals surface area (Å²) in [5.41, 5.74) is 11.1. The van der Waals surface area contributed by atoms with Gasteiger partial charge in [-0.05, 0) is 95.4 Å². The lowest BCUT2D eigenvalue weighted by atomic mass is 9.83. The van der Waals surface area contributed by atoms with E-state index in [1.54, 1.807) is 6.07 Å². The molecule has 0 aliphatic rings. The van der Waals surface area contributed by atoms with E-state index >= 15 is 0 Å². The largest absolute Gasteiger partial charge is 0.456 e. The van der Waals surface area contributed by atoms with Gasteiger partial charge in [0.15, 0.2) is 0 Å². The molecule has 0 aliphatic heterocycles. The summed E-state index contributed by atoms with van der Waals surface area (Å²) >= 11 is 0. The molecule has 0 saturated carbocycles. The number of benzene rings is 9. The van der Waals surface area contributed by atoms with Gasteiger partial charge in [-0.2, -0.15) is 0 Å². The Morgan fingerprint density at radius 2 is 0.863 bits per heavy atom. The van der Waals surface area contributed by atoms with E-state index in [-0.39, 0.29) is 29.7 Å². The van der Waals surface area contributed by atoms with Crippen LogP contribution in [0.15, 0.2) is 198 Å². The number of hydrogen-bond donors (Lipinski definition) is 0. The average molecular weight is 654 g/mol. The van der Waals surface area contributed by atoms with E-state index in [4.69, 9.17) is 11.3 Å². The lowest BCUT2D eigenvalue weighted by Crippen LogP contribution is -1.93. The number of rotatable bonds is 5. The van der Waals surface area contributed by atoms with Gasteiger partial charge in [0, 0.05) is 10.8 Å². The van der Waals surface area contributed by atoms with Crippen molar-refractivity contribution in [2.75, 3.05) is 0 Å². The second kappa shape index (κ2) is 12.0. The van der Waals surface area contributed by atoms with E-state index in [1.807, 2.05) is 30.3 Å². The molecular weight excluding hydrogens is 617 g/mol. The van der Waals surface area contributed by atoms with E-state index in [9.17, 15) is 0 Å². The molecule has 1 heterocycles. The highest BCUT2D eigenvalue weighted by Gasteiger charge is 2.21. The topological polar surface area (TPSA) is 13.1 Å². The maximum atomic E-state index is 8.57. The summed E-state index contributed by atoms with van der Waals surface area (Å²) < 4.78 is 48.1. The summed E-state index contributed by atoms with van der Waals surface area (Å²) in [5.74, 6) is 0. The average Bonchev–Trinajstić information content (AvgIpc) is 3.63. The normalized spacial score (nSPS) is 12.9. The van der Waals surface area contributed by atoms with Crippen molar-refractivity contribution in [1.82, 2.24) is 0 Å². The van der Waals surface area contributed by atoms with Gasteiger partial charge in [0.2, 0.25) is 0 Å². The molecule has 0 radical (unpaired) electrons. The Labute approximate surface area is 303 Å². The molecule has 1 aromatic heterocycles. The predicted molar refractivity (Wildman–Crippen MR) is 216 cm³/mol. The molecule has 0 spiro atoms. The molecule has 10 rings (SSSR count). The fraction of sp³-hybridized carbons (Fsp3) is 0. The molecule has 0 amide bonds. The highest BCUT2D eigenvalue weighted by Crippen LogP contribution is 2.48. The molecule has 238 valence electrons. The first-order valence-electron chi connectivity index (χ1n) is 19.6. The first kappa shape index (κ1) is 24.4. The summed E-state index contributed by atoms with van der Waals surface area (Å²) in [6.07, 6.45) is 0. The molecule has 1 nitrogen and oxygen atoms in total. The van der Waals surface area contributed by atoms with Gasteiger partial charge in [-0.15, -0.1) is 0 Å². The summed E-state index contributed by atoms with van der Waals surface area (Å²) in [5, 5.41) is 6.36. The van der Waals surface area contributed by atoms with Crippen LogP contribution >= 0.6 is 0 Å². The molecule has 0 fully saturated rings. The Bertz CT molecular complexity index is 3100. The zero-order chi connectivity index (χ0) is 38.1. The zero-order valence-corrected chi connectivity index (χ0v) is 27.5. The van der Waals surface area contributed by atoms with Crippen molar-refractivity contribution in [1.29, 1.82) is 0 Å². The van der Waals surface area contributed by atoms with Gasteiger partial charge in [0.1, 0.15) is 11.2 Å². The maximum Gasteiger partial charge on any atom is 0.136 e. The molecule has 10 aromatic rings. The molecule has 0 N–H and O–H groups in total. The Balaban J connectivity index is 1.19. The van der Waals surface area contributed by atoms with Crippen LogP contribution in [0, 0.1) is 0 Å². The minimum atomic E-state index is -0.412. The van der Waals surface area contributed by atoms with Crippen LogP contribution in [-0.4, -0.2) is 0 Å². The minimum absolute atomic E-state index is 0.151. The maximum absolute atomic E-state index is 8.57. The first-order valence-corrected chi connectivity index (χ1v) is 17.1. The lowest BCUT2D eigenvalue weighted by Gasteiger charge is -2.20. The van der Waals surface area contributed by atoms with Crippen molar-refractivity contribution < 1.29 is 11.3 Å². The van der Waals surface area contributed by atoms with Gasteiger partial charge >= 0.3 is 0 Å². The third kappa shape index (κ3) is 4.86. The Kier molecular flexibility index (Phi) is 5.76. The number of hydrogen-bond acceptors (Lipinski definition) is 1. The quantitative estimate of drug-likeness (QED) is 0.169. The summed E-state index contributed by atoms with van der Waals surface area (Å²) in [6.45, 7) is 0. The third-order valence-corrected chi connectivity index (χ3v) is 9.99. The second-order valence-corrected chi connectivity index (χ2v) is 12.8. The van der Waals surface area contributed by atoms with Gasteiger partial charge in [-0.3, -0.25) is 0 Å². The first-order chi connectivity index (χ1) is 27.4. The molecule has 0 atom stereocenters. The molecular formula is C50H32O. The van der Waals surface area contributed by atoms with Crippen molar-refractivity contribution in [3.63, 3.8) is 0 Å². The summed E-state index contributed by atoms with van der Waals surface area (Å²) in [6, 6.07) is 55.3. The Morgan fingerprint density at radius 3 is 1.55 bits per heavy atom. The standard InChI is InChI=1S/C50H32O/c1-3-14-33(15-4-1)35-26-28-36(29-27-35)38-18-7-8-19-39(38)48-40-20-9-11-22-42(40)49(43-23-12-10-21-41(43)48)45-24-13-25-46-50(45)44-31-30-37(32-47(44)51-46)34-16-5-2-6-17-34/h1-32H/i2D,5D,6D,16D,17D. The number of fused-ring (bicyclic) bond motifs is 5. The van der Waals surface area contributed by atoms with Crippen LogP contribution in [-0.2, 0) is 0 Å². The van der Waals surface area contributed by atoms with Crippen molar-refractivity contribution in [2.24, 2.45) is 0 Å². The van der Waals surface area contributed by atoms with Crippen LogP contribution in [0.25, 0.3) is 99.1 Å². The summed E-state index contributed by atoms with van der Waals surface area (Å²) in [4.78, 5) is 0. The number of furan rings is 1. The van der Waals surface area contributed by atoms with Crippen LogP contribution in [0.3, 0.4) is 0 Å². The monoisotopic (exact) mass is 653 g/mol. The van der Waals surface area contributed by atoms with Gasteiger partial charge < -0.3 is 4.42 Å². The molecule has 1 heteroatoms. The third-order valence-electron chi connectivity index (χ3n) is 9.99. The fourth-order valence-corrected chi connectivity index (χ4v) is 7.72. The van der Waals surface area contributed by atoms with Crippen LogP contribution in [0.1, 0.15) is 6.85 Å². The van der Waals surface area contributed by atoms with Gasteiger partial charge in [-0.25, -0.2) is 0 Å². The van der Waals surface area contributed by atoms with E-state index in [0.29, 0.717) is 16.7 Å². The van der Waals surface area contributed by atoms with Crippen molar-refractivity contribution in [3.8, 4) is 55.6 Å². The minimum Gasteiger partial charge on any atom is -0.456 e. The van der Waals surface area contributed by atoms with E-state index in [0.717, 1.165) is 60.1 Å². The van der Waals surface area contributed by atoms with Crippen LogP contribution in [0.2, 0.25) is 0 Å². The van der Waals surface area contributed by atoms with E-state index in [2.05, 4.69) is 127 Å². The molecule has 0 unspecified atom stereocenters. The van der Waals surface area contributed by atoms with Crippen molar-refractivity contribution in [3.05, 3.63) is 194 Å². The zero-order valence-electron chi connectivity index (χ0n) is 32.5. The Hall–Kier alpha value is -6.70. The SMILES string of the molecule is [2H]c1c([2H])c([2H])c(-c2ccc3c(c2)oc2cccc(-c4c5ccccc5c(-c5ccccc5-c5ccc(-c6ccccc6)cc5)c5ccccc45)c23)c([2H])c1[2H]. The van der Waals surface area contributed by atoms with Gasteiger partial charge in [0.25, 0.3) is 0 Å². The molecule has 0 bridgehead atoms. The van der Waals surface area contributed by atoms with Crippen molar-refractivity contribution >= 4 is 43.5 Å². The Morgan fingerprint density at radius 1 is 0.333 bits per heavy atom. The van der Waals surface area contributed by atoms with Crippen LogP contribution in [0.5, 0.6) is 0 Å². The predicted octanol–water partition coefficient (Wildman–Crippen LogP) is 14.2. The summed E-state index contributed by atoms with van der Waals surface area (Å²) in [7, 11) is 0. The molecule has 0 aliphatic carbocycles. The highest BCUT2D eigenvalue weighted by atomic mass is 16.3. The molecule has 51 heavy (non-hydrogen) atoms. The molecule has 9 aromatic carbocycles. The lowest BCUT2D eigenvalue weighted by molar-refractivity contribution is 0.669. The molecule has 0 saturated heterocycles. The highest BCUT2D eigenvalue weighted by molar-refractivity contribution is 6.26.